The number of hydrogen-bond donors (Lipinski definition) is 1. The molecule has 1 N–H and O–H groups in total. The monoisotopic (exact) mass is 149 g/mol. The summed E-state index contributed by atoms with van der Waals surface area (Å²) < 4.78 is 16.4. The highest BCUT2D eigenvalue weighted by molar-refractivity contribution is 7.57. The smallest absolute Gasteiger partial charge is 0.269 e. The zero-order chi connectivity index (χ0) is 6.91. The van der Waals surface area contributed by atoms with Crippen LogP contribution in [-0.2, 0) is 9.09 Å². The molecule has 54 valence electrons. The fourth-order valence-electron chi connectivity index (χ4n) is 0.912. The maximum Gasteiger partial charge on any atom is 0.269 e. The molecule has 0 radical (unpaired) electrons. The van der Waals surface area contributed by atoms with E-state index in [9.17, 15) is 4.57 Å². The molecule has 3 nitrogen and oxygen atoms in total. The molecule has 0 amide bonds. The molecule has 1 fully saturated rings. The summed E-state index contributed by atoms with van der Waals surface area (Å²) in [4.78, 5) is 0. The van der Waals surface area contributed by atoms with Gasteiger partial charge in [-0.25, -0.2) is 5.09 Å². The molecule has 2 unspecified atom stereocenters. The number of hydrogen-bond acceptors (Lipinski definition) is 2. The number of rotatable bonds is 1. The van der Waals surface area contributed by atoms with Crippen molar-refractivity contribution >= 4 is 7.52 Å². The van der Waals surface area contributed by atoms with Crippen molar-refractivity contribution in [1.29, 1.82) is 0 Å². The van der Waals surface area contributed by atoms with Gasteiger partial charge in [0, 0.05) is 6.16 Å². The Hall–Kier alpha value is 0.150. The largest absolute Gasteiger partial charge is 0.314 e. The van der Waals surface area contributed by atoms with E-state index < -0.39 is 7.52 Å². The molecular formula is C5H12NO2P. The van der Waals surface area contributed by atoms with E-state index in [1.165, 1.54) is 0 Å². The lowest BCUT2D eigenvalue weighted by molar-refractivity contribution is 0.251. The minimum Gasteiger partial charge on any atom is -0.314 e. The first-order chi connectivity index (χ1) is 4.16. The average molecular weight is 149 g/mol. The van der Waals surface area contributed by atoms with E-state index in [1.807, 2.05) is 6.92 Å². The van der Waals surface area contributed by atoms with E-state index in [4.69, 9.17) is 4.52 Å². The van der Waals surface area contributed by atoms with Gasteiger partial charge in [-0.1, -0.05) is 0 Å². The van der Waals surface area contributed by atoms with Crippen molar-refractivity contribution in [3.05, 3.63) is 0 Å². The zero-order valence-electron chi connectivity index (χ0n) is 5.76. The first-order valence-electron chi connectivity index (χ1n) is 3.13. The van der Waals surface area contributed by atoms with Gasteiger partial charge in [0.1, 0.15) is 0 Å². The summed E-state index contributed by atoms with van der Waals surface area (Å²) >= 11 is 0. The van der Waals surface area contributed by atoms with Crippen LogP contribution >= 0.6 is 7.52 Å². The highest BCUT2D eigenvalue weighted by Crippen LogP contribution is 2.49. The topological polar surface area (TPSA) is 38.3 Å². The van der Waals surface area contributed by atoms with Crippen LogP contribution in [0.5, 0.6) is 0 Å². The summed E-state index contributed by atoms with van der Waals surface area (Å²) in [6.07, 6.45) is 1.77. The molecule has 1 heterocycles. The van der Waals surface area contributed by atoms with Crippen molar-refractivity contribution in [1.82, 2.24) is 5.09 Å². The van der Waals surface area contributed by atoms with Crippen molar-refractivity contribution < 1.29 is 9.09 Å². The lowest BCUT2D eigenvalue weighted by Crippen LogP contribution is -2.04. The van der Waals surface area contributed by atoms with E-state index in [0.29, 0.717) is 6.16 Å². The van der Waals surface area contributed by atoms with Crippen molar-refractivity contribution in [2.45, 2.75) is 19.4 Å². The summed E-state index contributed by atoms with van der Waals surface area (Å²) in [5, 5.41) is 2.70. The first-order valence-corrected chi connectivity index (χ1v) is 4.94. The summed E-state index contributed by atoms with van der Waals surface area (Å²) in [5.74, 6) is 0. The molecule has 2 atom stereocenters. The van der Waals surface area contributed by atoms with Gasteiger partial charge < -0.3 is 4.52 Å². The molecule has 0 bridgehead atoms. The van der Waals surface area contributed by atoms with E-state index in [2.05, 4.69) is 5.09 Å². The minimum atomic E-state index is -2.36. The first kappa shape index (κ1) is 7.26. The Morgan fingerprint density at radius 3 is 2.67 bits per heavy atom. The van der Waals surface area contributed by atoms with Crippen molar-refractivity contribution in [3.8, 4) is 0 Å². The predicted molar refractivity (Wildman–Crippen MR) is 36.7 cm³/mol. The third-order valence-corrected chi connectivity index (χ3v) is 3.75. The molecule has 0 aliphatic carbocycles. The van der Waals surface area contributed by atoms with E-state index >= 15 is 0 Å². The van der Waals surface area contributed by atoms with Gasteiger partial charge in [-0.3, -0.25) is 4.57 Å². The molecule has 1 saturated heterocycles. The Bertz CT molecular complexity index is 148. The van der Waals surface area contributed by atoms with Gasteiger partial charge in [-0.15, -0.1) is 0 Å². The Balaban J connectivity index is 2.55. The van der Waals surface area contributed by atoms with Crippen molar-refractivity contribution in [2.24, 2.45) is 0 Å². The minimum absolute atomic E-state index is 0.170. The second-order valence-corrected chi connectivity index (χ2v) is 4.78. The fourth-order valence-corrected chi connectivity index (χ4v) is 2.74. The molecule has 1 aliphatic heterocycles. The van der Waals surface area contributed by atoms with E-state index in [0.717, 1.165) is 6.42 Å². The highest BCUT2D eigenvalue weighted by Gasteiger charge is 2.30. The van der Waals surface area contributed by atoms with Gasteiger partial charge in [0.15, 0.2) is 0 Å². The third-order valence-electron chi connectivity index (χ3n) is 1.52. The Morgan fingerprint density at radius 1 is 1.78 bits per heavy atom. The second kappa shape index (κ2) is 2.41. The molecule has 0 aromatic heterocycles. The molecule has 0 saturated carbocycles. The number of nitrogens with one attached hydrogen (secondary N) is 1. The van der Waals surface area contributed by atoms with Crippen LogP contribution in [0.1, 0.15) is 13.3 Å². The van der Waals surface area contributed by atoms with Crippen LogP contribution in [0, 0.1) is 0 Å². The molecule has 9 heavy (non-hydrogen) atoms. The average Bonchev–Trinajstić information content (AvgIpc) is 2.13. The second-order valence-electron chi connectivity index (χ2n) is 2.33. The Kier molecular flexibility index (Phi) is 1.94. The summed E-state index contributed by atoms with van der Waals surface area (Å²) in [6.45, 7) is 1.94. The van der Waals surface area contributed by atoms with Gasteiger partial charge in [0.2, 0.25) is 0 Å². The van der Waals surface area contributed by atoms with Gasteiger partial charge in [-0.05, 0) is 20.4 Å². The van der Waals surface area contributed by atoms with E-state index in [-0.39, 0.29) is 6.10 Å². The molecule has 0 aromatic carbocycles. The maximum atomic E-state index is 11.3. The van der Waals surface area contributed by atoms with E-state index in [1.54, 1.807) is 7.05 Å². The molecule has 0 spiro atoms. The van der Waals surface area contributed by atoms with Gasteiger partial charge >= 0.3 is 0 Å². The summed E-state index contributed by atoms with van der Waals surface area (Å²) in [5.41, 5.74) is 0. The Labute approximate surface area is 55.3 Å². The van der Waals surface area contributed by atoms with Crippen LogP contribution in [-0.4, -0.2) is 19.3 Å². The quantitative estimate of drug-likeness (QED) is 0.569. The van der Waals surface area contributed by atoms with Gasteiger partial charge in [0.05, 0.1) is 6.10 Å². The third kappa shape index (κ3) is 1.54. The standard InChI is InChI=1S/C5H12NO2P/c1-5-3-4-9(7,6-2)8-5/h5H,3-4H2,1-2H3,(H,6,7). The van der Waals surface area contributed by atoms with Gasteiger partial charge in [-0.2, -0.15) is 0 Å². The van der Waals surface area contributed by atoms with Gasteiger partial charge in [0.25, 0.3) is 7.52 Å². The van der Waals surface area contributed by atoms with Crippen molar-refractivity contribution in [2.75, 3.05) is 13.2 Å². The van der Waals surface area contributed by atoms with Crippen LogP contribution in [0.15, 0.2) is 0 Å². The molecular weight excluding hydrogens is 137 g/mol. The van der Waals surface area contributed by atoms with Crippen LogP contribution in [0.3, 0.4) is 0 Å². The molecule has 1 rings (SSSR count). The fraction of sp³-hybridized carbons (Fsp3) is 1.00. The molecule has 0 aromatic rings. The lowest BCUT2D eigenvalue weighted by atomic mass is 10.3. The molecule has 4 heteroatoms. The zero-order valence-corrected chi connectivity index (χ0v) is 6.65. The summed E-state index contributed by atoms with van der Waals surface area (Å²) in [7, 11) is -0.678. The van der Waals surface area contributed by atoms with Crippen LogP contribution in [0.4, 0.5) is 0 Å². The summed E-state index contributed by atoms with van der Waals surface area (Å²) in [6, 6.07) is 0. The maximum absolute atomic E-state index is 11.3. The van der Waals surface area contributed by atoms with Crippen LogP contribution < -0.4 is 5.09 Å². The normalized spacial score (nSPS) is 43.6. The predicted octanol–water partition coefficient (Wildman–Crippen LogP) is 1.21. The highest BCUT2D eigenvalue weighted by atomic mass is 31.2. The van der Waals surface area contributed by atoms with Crippen LogP contribution in [0.2, 0.25) is 0 Å². The lowest BCUT2D eigenvalue weighted by Gasteiger charge is -2.08. The molecule has 1 aliphatic rings. The van der Waals surface area contributed by atoms with Crippen molar-refractivity contribution in [3.63, 3.8) is 0 Å². The Morgan fingerprint density at radius 2 is 2.44 bits per heavy atom. The SMILES string of the molecule is CNP1(=O)CCC(C)O1. The van der Waals surface area contributed by atoms with Crippen LogP contribution in [0.25, 0.3) is 0 Å².